The molecule has 2 rings (SSSR count). The molecule has 0 aliphatic carbocycles. The van der Waals surface area contributed by atoms with Gasteiger partial charge in [-0.3, -0.25) is 4.90 Å². The number of likely N-dealkylation sites (tertiary alicyclic amines) is 1. The molecule has 0 radical (unpaired) electrons. The summed E-state index contributed by atoms with van der Waals surface area (Å²) >= 11 is 0. The summed E-state index contributed by atoms with van der Waals surface area (Å²) in [6.45, 7) is 10.7. The molecule has 12 heavy (non-hydrogen) atoms. The Morgan fingerprint density at radius 2 is 2.00 bits per heavy atom. The molecular formula is C10H20N2. The Labute approximate surface area is 75.3 Å². The van der Waals surface area contributed by atoms with Crippen LogP contribution in [0.5, 0.6) is 0 Å². The summed E-state index contributed by atoms with van der Waals surface area (Å²) < 4.78 is 0. The van der Waals surface area contributed by atoms with Gasteiger partial charge >= 0.3 is 0 Å². The Kier molecular flexibility index (Phi) is 1.92. The van der Waals surface area contributed by atoms with Crippen LogP contribution in [0.15, 0.2) is 0 Å². The molecule has 2 saturated heterocycles. The molecule has 0 saturated carbocycles. The average Bonchev–Trinajstić information content (AvgIpc) is 2.28. The second kappa shape index (κ2) is 2.71. The third-order valence-corrected chi connectivity index (χ3v) is 3.18. The number of nitrogens with one attached hydrogen (secondary N) is 1. The molecule has 2 fully saturated rings. The van der Waals surface area contributed by atoms with Crippen molar-refractivity contribution in [3.05, 3.63) is 0 Å². The fraction of sp³-hybridized carbons (Fsp3) is 1.00. The van der Waals surface area contributed by atoms with Gasteiger partial charge in [0.2, 0.25) is 0 Å². The summed E-state index contributed by atoms with van der Waals surface area (Å²) in [5.41, 5.74) is 0.364. The quantitative estimate of drug-likeness (QED) is 0.582. The van der Waals surface area contributed by atoms with E-state index in [1.165, 1.54) is 26.1 Å². The number of nitrogens with zero attached hydrogens (tertiary/aromatic N) is 1. The molecule has 2 nitrogen and oxygen atoms in total. The molecular weight excluding hydrogens is 148 g/mol. The van der Waals surface area contributed by atoms with Crippen LogP contribution in [-0.4, -0.2) is 36.1 Å². The third kappa shape index (κ3) is 1.50. The van der Waals surface area contributed by atoms with Crippen molar-refractivity contribution in [3.63, 3.8) is 0 Å². The molecule has 0 amide bonds. The van der Waals surface area contributed by atoms with Gasteiger partial charge in [0.15, 0.2) is 0 Å². The zero-order chi connectivity index (χ0) is 8.77. The average molecular weight is 168 g/mol. The van der Waals surface area contributed by atoms with Crippen LogP contribution in [-0.2, 0) is 0 Å². The highest BCUT2D eigenvalue weighted by molar-refractivity contribution is 4.94. The molecule has 1 N–H and O–H groups in total. The van der Waals surface area contributed by atoms with Crippen LogP contribution < -0.4 is 5.32 Å². The zero-order valence-electron chi connectivity index (χ0n) is 8.43. The lowest BCUT2D eigenvalue weighted by Crippen LogP contribution is -2.50. The van der Waals surface area contributed by atoms with E-state index < -0.39 is 0 Å². The van der Waals surface area contributed by atoms with E-state index in [1.54, 1.807) is 0 Å². The lowest BCUT2D eigenvalue weighted by Gasteiger charge is -2.40. The van der Waals surface area contributed by atoms with Crippen LogP contribution in [0.1, 0.15) is 27.2 Å². The lowest BCUT2D eigenvalue weighted by molar-refractivity contribution is 0.0894. The minimum atomic E-state index is 0.364. The van der Waals surface area contributed by atoms with Crippen molar-refractivity contribution in [1.29, 1.82) is 0 Å². The molecule has 70 valence electrons. The predicted molar refractivity (Wildman–Crippen MR) is 51.2 cm³/mol. The van der Waals surface area contributed by atoms with E-state index in [0.717, 1.165) is 12.0 Å². The molecule has 2 atom stereocenters. The van der Waals surface area contributed by atoms with E-state index in [1.807, 2.05) is 0 Å². The van der Waals surface area contributed by atoms with Crippen molar-refractivity contribution in [1.82, 2.24) is 10.2 Å². The Hall–Kier alpha value is -0.0800. The molecule has 0 aromatic rings. The molecule has 0 aromatic heterocycles. The standard InChI is InChI=1S/C10H20N2/c1-10(2,3)12-6-8-4-9(7-12)11-5-8/h8-9,11H,4-7H2,1-3H3/t8-,9-/m1/s1. The first kappa shape index (κ1) is 8.52. The number of rotatable bonds is 0. The first-order valence-corrected chi connectivity index (χ1v) is 5.04. The smallest absolute Gasteiger partial charge is 0.0198 e. The number of fused-ring (bicyclic) bond motifs is 2. The summed E-state index contributed by atoms with van der Waals surface area (Å²) in [6.07, 6.45) is 1.41. The molecule has 0 aromatic carbocycles. The van der Waals surface area contributed by atoms with Gasteiger partial charge in [0.05, 0.1) is 0 Å². The largest absolute Gasteiger partial charge is 0.312 e. The second-order valence-electron chi connectivity index (χ2n) is 5.28. The van der Waals surface area contributed by atoms with Gasteiger partial charge in [-0.2, -0.15) is 0 Å². The highest BCUT2D eigenvalue weighted by Crippen LogP contribution is 2.27. The number of hydrogen-bond donors (Lipinski definition) is 1. The van der Waals surface area contributed by atoms with Gasteiger partial charge in [-0.1, -0.05) is 0 Å². The summed E-state index contributed by atoms with van der Waals surface area (Å²) in [7, 11) is 0. The summed E-state index contributed by atoms with van der Waals surface area (Å²) in [4.78, 5) is 2.62. The van der Waals surface area contributed by atoms with Crippen molar-refractivity contribution in [2.24, 2.45) is 5.92 Å². The van der Waals surface area contributed by atoms with Crippen LogP contribution in [0, 0.1) is 5.92 Å². The van der Waals surface area contributed by atoms with Crippen LogP contribution in [0.3, 0.4) is 0 Å². The van der Waals surface area contributed by atoms with Crippen LogP contribution in [0.25, 0.3) is 0 Å². The molecule has 2 heteroatoms. The van der Waals surface area contributed by atoms with E-state index in [0.29, 0.717) is 5.54 Å². The van der Waals surface area contributed by atoms with Crippen molar-refractivity contribution in [2.45, 2.75) is 38.8 Å². The van der Waals surface area contributed by atoms with Crippen molar-refractivity contribution >= 4 is 0 Å². The maximum absolute atomic E-state index is 3.58. The van der Waals surface area contributed by atoms with E-state index >= 15 is 0 Å². The van der Waals surface area contributed by atoms with E-state index in [-0.39, 0.29) is 0 Å². The minimum absolute atomic E-state index is 0.364. The fourth-order valence-corrected chi connectivity index (χ4v) is 2.38. The monoisotopic (exact) mass is 168 g/mol. The lowest BCUT2D eigenvalue weighted by atomic mass is 9.95. The van der Waals surface area contributed by atoms with Gasteiger partial charge in [0.1, 0.15) is 0 Å². The first-order valence-electron chi connectivity index (χ1n) is 5.04. The fourth-order valence-electron chi connectivity index (χ4n) is 2.38. The van der Waals surface area contributed by atoms with Crippen LogP contribution in [0.2, 0.25) is 0 Å². The number of piperidine rings is 1. The van der Waals surface area contributed by atoms with Gasteiger partial charge in [0.25, 0.3) is 0 Å². The van der Waals surface area contributed by atoms with Crippen molar-refractivity contribution < 1.29 is 0 Å². The third-order valence-electron chi connectivity index (χ3n) is 3.18. The van der Waals surface area contributed by atoms with Gasteiger partial charge in [-0.25, -0.2) is 0 Å². The summed E-state index contributed by atoms with van der Waals surface area (Å²) in [5.74, 6) is 0.919. The maximum atomic E-state index is 3.58. The normalized spacial score (nSPS) is 37.2. The Morgan fingerprint density at radius 3 is 2.58 bits per heavy atom. The SMILES string of the molecule is CC(C)(C)N1C[C@H]2CN[C@H](C2)C1. The Balaban J connectivity index is 2.03. The maximum Gasteiger partial charge on any atom is 0.0198 e. The Bertz CT molecular complexity index is 159. The summed E-state index contributed by atoms with van der Waals surface area (Å²) in [6, 6.07) is 0.781. The highest BCUT2D eigenvalue weighted by atomic mass is 15.2. The predicted octanol–water partition coefficient (Wildman–Crippen LogP) is 1.08. The van der Waals surface area contributed by atoms with E-state index in [4.69, 9.17) is 0 Å². The van der Waals surface area contributed by atoms with Crippen LogP contribution in [0.4, 0.5) is 0 Å². The van der Waals surface area contributed by atoms with Gasteiger partial charge < -0.3 is 5.32 Å². The molecule has 2 aliphatic rings. The molecule has 0 spiro atoms. The summed E-state index contributed by atoms with van der Waals surface area (Å²) in [5, 5.41) is 3.58. The molecule has 2 bridgehead atoms. The highest BCUT2D eigenvalue weighted by Gasteiger charge is 2.36. The van der Waals surface area contributed by atoms with E-state index in [2.05, 4.69) is 31.0 Å². The molecule has 2 heterocycles. The molecule has 0 unspecified atom stereocenters. The van der Waals surface area contributed by atoms with Gasteiger partial charge in [-0.15, -0.1) is 0 Å². The van der Waals surface area contributed by atoms with Crippen molar-refractivity contribution in [2.75, 3.05) is 19.6 Å². The number of hydrogen-bond acceptors (Lipinski definition) is 2. The minimum Gasteiger partial charge on any atom is -0.312 e. The van der Waals surface area contributed by atoms with Crippen molar-refractivity contribution in [3.8, 4) is 0 Å². The van der Waals surface area contributed by atoms with Crippen LogP contribution >= 0.6 is 0 Å². The Morgan fingerprint density at radius 1 is 1.25 bits per heavy atom. The zero-order valence-corrected chi connectivity index (χ0v) is 8.43. The second-order valence-corrected chi connectivity index (χ2v) is 5.28. The van der Waals surface area contributed by atoms with Gasteiger partial charge in [-0.05, 0) is 39.7 Å². The van der Waals surface area contributed by atoms with Gasteiger partial charge in [0, 0.05) is 24.7 Å². The molecule has 2 aliphatic heterocycles. The first-order chi connectivity index (χ1) is 5.55. The van der Waals surface area contributed by atoms with E-state index in [9.17, 15) is 0 Å². The topological polar surface area (TPSA) is 15.3 Å².